The number of aromatic amines is 1. The molecule has 0 unspecified atom stereocenters. The van der Waals surface area contributed by atoms with E-state index >= 15 is 0 Å². The molecule has 128 valence electrons. The van der Waals surface area contributed by atoms with Crippen LogP contribution in [0.1, 0.15) is 10.4 Å². The zero-order valence-electron chi connectivity index (χ0n) is 13.7. The number of nitrogens with zero attached hydrogens (tertiary/aromatic N) is 2. The number of para-hydroxylation sites is 1. The molecular formula is C19H16N6O. The number of anilines is 4. The van der Waals surface area contributed by atoms with Crippen LogP contribution in [0, 0.1) is 0 Å². The number of aromatic nitrogens is 3. The summed E-state index contributed by atoms with van der Waals surface area (Å²) in [6.07, 6.45) is 3.30. The van der Waals surface area contributed by atoms with Gasteiger partial charge in [-0.1, -0.05) is 18.2 Å². The first-order valence-electron chi connectivity index (χ1n) is 8.01. The number of hydrogen-bond acceptors (Lipinski definition) is 5. The van der Waals surface area contributed by atoms with Gasteiger partial charge in [-0.15, -0.1) is 0 Å². The highest BCUT2D eigenvalue weighted by Gasteiger charge is 2.14. The summed E-state index contributed by atoms with van der Waals surface area (Å²) in [5.41, 5.74) is 9.16. The summed E-state index contributed by atoms with van der Waals surface area (Å²) in [5.74, 6) is 0.199. The van der Waals surface area contributed by atoms with E-state index in [0.717, 1.165) is 22.4 Å². The van der Waals surface area contributed by atoms with E-state index in [-0.39, 0.29) is 5.91 Å². The molecule has 0 aliphatic heterocycles. The summed E-state index contributed by atoms with van der Waals surface area (Å²) in [6, 6.07) is 16.5. The second kappa shape index (κ2) is 6.56. The topological polar surface area (TPSA) is 109 Å². The molecule has 0 saturated carbocycles. The fraction of sp³-hybridized carbons (Fsp3) is 0. The van der Waals surface area contributed by atoms with Gasteiger partial charge in [-0.2, -0.15) is 5.10 Å². The van der Waals surface area contributed by atoms with Crippen molar-refractivity contribution in [2.75, 3.05) is 16.4 Å². The third-order valence-electron chi connectivity index (χ3n) is 3.89. The highest BCUT2D eigenvalue weighted by molar-refractivity contribution is 6.12. The number of fused-ring (bicyclic) bond motifs is 1. The predicted octanol–water partition coefficient (Wildman–Crippen LogP) is 3.54. The smallest absolute Gasteiger partial charge is 0.257 e. The summed E-state index contributed by atoms with van der Waals surface area (Å²) in [6.45, 7) is 0. The number of rotatable bonds is 4. The Hall–Kier alpha value is -3.87. The van der Waals surface area contributed by atoms with Gasteiger partial charge in [-0.25, -0.2) is 4.98 Å². The Kier molecular flexibility index (Phi) is 3.95. The van der Waals surface area contributed by atoms with Crippen molar-refractivity contribution in [2.45, 2.75) is 0 Å². The summed E-state index contributed by atoms with van der Waals surface area (Å²) in [7, 11) is 0. The van der Waals surface area contributed by atoms with Crippen molar-refractivity contribution in [3.8, 4) is 0 Å². The first kappa shape index (κ1) is 15.6. The van der Waals surface area contributed by atoms with Crippen molar-refractivity contribution in [1.29, 1.82) is 0 Å². The summed E-state index contributed by atoms with van der Waals surface area (Å²) in [5, 5.41) is 13.9. The molecule has 0 bridgehead atoms. The van der Waals surface area contributed by atoms with Crippen molar-refractivity contribution >= 4 is 39.7 Å². The monoisotopic (exact) mass is 344 g/mol. The van der Waals surface area contributed by atoms with E-state index in [0.29, 0.717) is 16.9 Å². The molecule has 0 aliphatic carbocycles. The van der Waals surface area contributed by atoms with Gasteiger partial charge in [0.2, 0.25) is 0 Å². The van der Waals surface area contributed by atoms with Gasteiger partial charge in [-0.3, -0.25) is 9.89 Å². The van der Waals surface area contributed by atoms with Crippen molar-refractivity contribution in [2.24, 2.45) is 0 Å². The number of nitrogens with one attached hydrogen (secondary N) is 3. The summed E-state index contributed by atoms with van der Waals surface area (Å²) < 4.78 is 0. The zero-order chi connectivity index (χ0) is 17.9. The first-order chi connectivity index (χ1) is 12.7. The van der Waals surface area contributed by atoms with Crippen LogP contribution in [-0.2, 0) is 0 Å². The van der Waals surface area contributed by atoms with Crippen molar-refractivity contribution < 1.29 is 4.79 Å². The van der Waals surface area contributed by atoms with E-state index in [1.165, 1.54) is 0 Å². The first-order valence-corrected chi connectivity index (χ1v) is 8.01. The Morgan fingerprint density at radius 2 is 1.85 bits per heavy atom. The van der Waals surface area contributed by atoms with E-state index in [2.05, 4.69) is 25.8 Å². The highest BCUT2D eigenvalue weighted by Crippen LogP contribution is 2.26. The summed E-state index contributed by atoms with van der Waals surface area (Å²) in [4.78, 5) is 16.7. The lowest BCUT2D eigenvalue weighted by Crippen LogP contribution is -2.12. The van der Waals surface area contributed by atoms with Crippen LogP contribution in [0.3, 0.4) is 0 Å². The van der Waals surface area contributed by atoms with Gasteiger partial charge in [0, 0.05) is 34.7 Å². The molecule has 2 aromatic carbocycles. The SMILES string of the molecule is Nc1cc(Nc2cc(C(=O)Nc3ccccc3)c3[nH]ncc3c2)ccn1. The minimum atomic E-state index is -0.219. The average molecular weight is 344 g/mol. The Bertz CT molecular complexity index is 1070. The van der Waals surface area contributed by atoms with Gasteiger partial charge in [0.15, 0.2) is 0 Å². The maximum atomic E-state index is 12.8. The van der Waals surface area contributed by atoms with Gasteiger partial charge in [0.25, 0.3) is 5.91 Å². The molecule has 4 aromatic rings. The number of amides is 1. The molecule has 0 saturated heterocycles. The Morgan fingerprint density at radius 1 is 1.00 bits per heavy atom. The Balaban J connectivity index is 1.69. The predicted molar refractivity (Wildman–Crippen MR) is 102 cm³/mol. The third-order valence-corrected chi connectivity index (χ3v) is 3.89. The van der Waals surface area contributed by atoms with Gasteiger partial charge in [-0.05, 0) is 30.3 Å². The van der Waals surface area contributed by atoms with Gasteiger partial charge >= 0.3 is 0 Å². The maximum Gasteiger partial charge on any atom is 0.257 e. The van der Waals surface area contributed by atoms with Crippen LogP contribution >= 0.6 is 0 Å². The fourth-order valence-electron chi connectivity index (χ4n) is 2.72. The lowest BCUT2D eigenvalue weighted by Gasteiger charge is -2.11. The minimum Gasteiger partial charge on any atom is -0.384 e. The van der Waals surface area contributed by atoms with Crippen molar-refractivity contribution in [3.63, 3.8) is 0 Å². The summed E-state index contributed by atoms with van der Waals surface area (Å²) >= 11 is 0. The quantitative estimate of drug-likeness (QED) is 0.453. The van der Waals surface area contributed by atoms with E-state index < -0.39 is 0 Å². The molecule has 26 heavy (non-hydrogen) atoms. The van der Waals surface area contributed by atoms with E-state index in [1.54, 1.807) is 30.6 Å². The van der Waals surface area contributed by atoms with Gasteiger partial charge in [0.1, 0.15) is 5.82 Å². The van der Waals surface area contributed by atoms with E-state index in [1.807, 2.05) is 36.4 Å². The van der Waals surface area contributed by atoms with Crippen LogP contribution in [0.5, 0.6) is 0 Å². The molecule has 0 aliphatic rings. The van der Waals surface area contributed by atoms with Gasteiger partial charge in [0.05, 0.1) is 17.3 Å². The number of nitrogen functional groups attached to an aromatic ring is 1. The lowest BCUT2D eigenvalue weighted by molar-refractivity contribution is 0.102. The minimum absolute atomic E-state index is 0.219. The number of benzene rings is 2. The number of pyridine rings is 1. The highest BCUT2D eigenvalue weighted by atomic mass is 16.1. The zero-order valence-corrected chi connectivity index (χ0v) is 13.7. The standard InChI is InChI=1S/C19H16N6O/c20-17-10-14(6-7-21-17)23-15-8-12-11-22-25-18(12)16(9-15)19(26)24-13-4-2-1-3-5-13/h1-11H,(H,22,25)(H,24,26)(H3,20,21,23). The van der Waals surface area contributed by atoms with Crippen LogP contribution in [-0.4, -0.2) is 21.1 Å². The second-order valence-electron chi connectivity index (χ2n) is 5.77. The van der Waals surface area contributed by atoms with Crippen molar-refractivity contribution in [1.82, 2.24) is 15.2 Å². The lowest BCUT2D eigenvalue weighted by atomic mass is 10.1. The number of hydrogen-bond donors (Lipinski definition) is 4. The molecule has 4 rings (SSSR count). The van der Waals surface area contributed by atoms with Crippen LogP contribution in [0.4, 0.5) is 22.9 Å². The Morgan fingerprint density at radius 3 is 2.65 bits per heavy atom. The van der Waals surface area contributed by atoms with Crippen LogP contribution in [0.25, 0.3) is 10.9 Å². The number of carbonyl (C=O) groups excluding carboxylic acids is 1. The normalized spacial score (nSPS) is 10.6. The fourth-order valence-corrected chi connectivity index (χ4v) is 2.72. The van der Waals surface area contributed by atoms with E-state index in [4.69, 9.17) is 5.73 Å². The molecule has 0 spiro atoms. The molecular weight excluding hydrogens is 328 g/mol. The molecule has 0 radical (unpaired) electrons. The number of nitrogens with two attached hydrogens (primary N) is 1. The number of H-pyrrole nitrogens is 1. The number of carbonyl (C=O) groups is 1. The average Bonchev–Trinajstić information content (AvgIpc) is 3.10. The van der Waals surface area contributed by atoms with Crippen LogP contribution in [0.15, 0.2) is 67.0 Å². The molecule has 1 amide bonds. The van der Waals surface area contributed by atoms with Crippen molar-refractivity contribution in [3.05, 3.63) is 72.6 Å². The Labute approximate surface area is 149 Å². The van der Waals surface area contributed by atoms with Crippen LogP contribution in [0.2, 0.25) is 0 Å². The molecule has 2 aromatic heterocycles. The van der Waals surface area contributed by atoms with E-state index in [9.17, 15) is 4.79 Å². The molecule has 7 heteroatoms. The van der Waals surface area contributed by atoms with Crippen LogP contribution < -0.4 is 16.4 Å². The molecule has 7 nitrogen and oxygen atoms in total. The molecule has 2 heterocycles. The maximum absolute atomic E-state index is 12.8. The largest absolute Gasteiger partial charge is 0.384 e. The third kappa shape index (κ3) is 3.18. The molecule has 0 atom stereocenters. The van der Waals surface area contributed by atoms with Gasteiger partial charge < -0.3 is 16.4 Å². The molecule has 5 N–H and O–H groups in total. The second-order valence-corrected chi connectivity index (χ2v) is 5.77. The molecule has 0 fully saturated rings.